The second kappa shape index (κ2) is 7.14. The van der Waals surface area contributed by atoms with Crippen molar-refractivity contribution in [3.05, 3.63) is 59.7 Å². The first-order chi connectivity index (χ1) is 12.0. The molecule has 0 spiro atoms. The zero-order chi connectivity index (χ0) is 17.9. The maximum absolute atomic E-state index is 12.5. The summed E-state index contributed by atoms with van der Waals surface area (Å²) in [6, 6.07) is 14.5. The Bertz CT molecular complexity index is 881. The summed E-state index contributed by atoms with van der Waals surface area (Å²) in [4.78, 5) is 11.9. The number of carbonyl (C=O) groups excluding carboxylic acids is 1. The average Bonchev–Trinajstić information content (AvgIpc) is 2.99. The van der Waals surface area contributed by atoms with E-state index in [1.807, 2.05) is 49.4 Å². The molecule has 0 saturated heterocycles. The Balaban J connectivity index is 1.54. The molecule has 2 aromatic rings. The van der Waals surface area contributed by atoms with Crippen LogP contribution in [0.4, 0.5) is 16.2 Å². The fraction of sp³-hybridized carbons (Fsp3) is 0.278. The largest absolute Gasteiger partial charge is 0.337 e. The van der Waals surface area contributed by atoms with Crippen LogP contribution in [0.3, 0.4) is 0 Å². The lowest BCUT2D eigenvalue weighted by atomic mass is 10.2. The first-order valence-electron chi connectivity index (χ1n) is 8.15. The number of aryl methyl sites for hydroxylation is 1. The number of hydrogen-bond donors (Lipinski definition) is 2. The van der Waals surface area contributed by atoms with Gasteiger partial charge in [-0.05, 0) is 42.7 Å². The first-order valence-corrected chi connectivity index (χ1v) is 9.76. The monoisotopic (exact) mass is 359 g/mol. The van der Waals surface area contributed by atoms with E-state index in [0.717, 1.165) is 23.2 Å². The molecule has 1 aliphatic heterocycles. The van der Waals surface area contributed by atoms with Gasteiger partial charge in [-0.1, -0.05) is 30.3 Å². The van der Waals surface area contributed by atoms with Gasteiger partial charge >= 0.3 is 6.03 Å². The smallest absolute Gasteiger partial charge is 0.319 e. The van der Waals surface area contributed by atoms with Crippen LogP contribution in [0.25, 0.3) is 0 Å². The molecule has 0 saturated carbocycles. The third-order valence-corrected chi connectivity index (χ3v) is 5.87. The molecule has 0 fully saturated rings. The van der Waals surface area contributed by atoms with Crippen LogP contribution in [0.2, 0.25) is 0 Å². The Kier molecular flexibility index (Phi) is 4.94. The molecule has 6 nitrogen and oxygen atoms in total. The van der Waals surface area contributed by atoms with Gasteiger partial charge in [0.25, 0.3) is 0 Å². The Labute approximate surface area is 147 Å². The number of nitrogens with one attached hydrogen (secondary N) is 2. The summed E-state index contributed by atoms with van der Waals surface area (Å²) in [5, 5.41) is 5.29. The number of para-hydroxylation sites is 1. The van der Waals surface area contributed by atoms with E-state index in [9.17, 15) is 13.2 Å². The molecule has 0 aliphatic carbocycles. The summed E-state index contributed by atoms with van der Waals surface area (Å²) in [7, 11) is -3.46. The minimum Gasteiger partial charge on any atom is -0.337 e. The standard InChI is InChI=1S/C18H21N3O3S/c1-14-5-4-7-16(13-14)20-18(22)19-10-12-25(23,24)21-11-9-15-6-2-3-8-17(15)21/h2-8,13H,9-12H2,1H3,(H2,19,20,22). The Morgan fingerprint density at radius 3 is 2.76 bits per heavy atom. The number of carbonyl (C=O) groups is 1. The maximum atomic E-state index is 12.5. The fourth-order valence-electron chi connectivity index (χ4n) is 2.90. The molecule has 7 heteroatoms. The van der Waals surface area contributed by atoms with Crippen LogP contribution in [0.1, 0.15) is 11.1 Å². The van der Waals surface area contributed by atoms with Crippen molar-refractivity contribution < 1.29 is 13.2 Å². The van der Waals surface area contributed by atoms with E-state index < -0.39 is 16.1 Å². The van der Waals surface area contributed by atoms with Crippen LogP contribution in [0, 0.1) is 6.92 Å². The predicted octanol–water partition coefficient (Wildman–Crippen LogP) is 2.51. The molecule has 0 aromatic heterocycles. The van der Waals surface area contributed by atoms with E-state index in [-0.39, 0.29) is 12.3 Å². The van der Waals surface area contributed by atoms with Crippen LogP contribution >= 0.6 is 0 Å². The molecule has 3 rings (SSSR count). The van der Waals surface area contributed by atoms with Gasteiger partial charge in [0.1, 0.15) is 0 Å². The van der Waals surface area contributed by atoms with Crippen LogP contribution in [-0.2, 0) is 16.4 Å². The van der Waals surface area contributed by atoms with Gasteiger partial charge in [-0.3, -0.25) is 4.31 Å². The number of urea groups is 1. The molecule has 0 atom stereocenters. The first kappa shape index (κ1) is 17.3. The lowest BCUT2D eigenvalue weighted by Crippen LogP contribution is -2.38. The van der Waals surface area contributed by atoms with Crippen LogP contribution < -0.4 is 14.9 Å². The van der Waals surface area contributed by atoms with Crippen molar-refractivity contribution in [3.8, 4) is 0 Å². The van der Waals surface area contributed by atoms with Gasteiger partial charge in [0.05, 0.1) is 11.4 Å². The summed E-state index contributed by atoms with van der Waals surface area (Å²) in [6.07, 6.45) is 0.719. The number of benzene rings is 2. The number of amides is 2. The van der Waals surface area contributed by atoms with Crippen molar-refractivity contribution in [2.45, 2.75) is 13.3 Å². The highest BCUT2D eigenvalue weighted by Gasteiger charge is 2.28. The van der Waals surface area contributed by atoms with Gasteiger partial charge in [0, 0.05) is 18.8 Å². The molecule has 0 radical (unpaired) electrons. The molecular formula is C18H21N3O3S. The molecule has 2 aromatic carbocycles. The van der Waals surface area contributed by atoms with Gasteiger partial charge < -0.3 is 10.6 Å². The molecule has 2 N–H and O–H groups in total. The quantitative estimate of drug-likeness (QED) is 0.861. The summed E-state index contributed by atoms with van der Waals surface area (Å²) in [5.41, 5.74) is 3.49. The van der Waals surface area contributed by atoms with E-state index in [1.165, 1.54) is 4.31 Å². The van der Waals surface area contributed by atoms with E-state index in [1.54, 1.807) is 6.07 Å². The Hall–Kier alpha value is -2.54. The Morgan fingerprint density at radius 1 is 1.16 bits per heavy atom. The second-order valence-electron chi connectivity index (χ2n) is 6.02. The molecule has 132 valence electrons. The number of rotatable bonds is 5. The number of sulfonamides is 1. The summed E-state index contributed by atoms with van der Waals surface area (Å²) in [5.74, 6) is -0.136. The molecule has 1 heterocycles. The zero-order valence-electron chi connectivity index (χ0n) is 14.0. The maximum Gasteiger partial charge on any atom is 0.319 e. The Morgan fingerprint density at radius 2 is 1.96 bits per heavy atom. The molecule has 0 unspecified atom stereocenters. The van der Waals surface area contributed by atoms with Gasteiger partial charge in [-0.15, -0.1) is 0 Å². The third kappa shape index (κ3) is 4.11. The molecule has 0 bridgehead atoms. The summed E-state index contributed by atoms with van der Waals surface area (Å²) >= 11 is 0. The van der Waals surface area contributed by atoms with E-state index in [2.05, 4.69) is 10.6 Å². The van der Waals surface area contributed by atoms with Gasteiger partial charge in [0.15, 0.2) is 0 Å². The van der Waals surface area contributed by atoms with Crippen LogP contribution in [-0.4, -0.2) is 33.3 Å². The number of hydrogen-bond acceptors (Lipinski definition) is 3. The van der Waals surface area contributed by atoms with Crippen molar-refractivity contribution in [3.63, 3.8) is 0 Å². The average molecular weight is 359 g/mol. The topological polar surface area (TPSA) is 78.5 Å². The third-order valence-electron chi connectivity index (χ3n) is 4.10. The number of nitrogens with zero attached hydrogens (tertiary/aromatic N) is 1. The zero-order valence-corrected chi connectivity index (χ0v) is 14.8. The van der Waals surface area contributed by atoms with E-state index in [4.69, 9.17) is 0 Å². The fourth-order valence-corrected chi connectivity index (χ4v) is 4.33. The number of fused-ring (bicyclic) bond motifs is 1. The van der Waals surface area contributed by atoms with E-state index >= 15 is 0 Å². The van der Waals surface area contributed by atoms with Crippen LogP contribution in [0.5, 0.6) is 0 Å². The minimum absolute atomic E-state index is 0.0542. The molecule has 25 heavy (non-hydrogen) atoms. The van der Waals surface area contributed by atoms with Crippen LogP contribution in [0.15, 0.2) is 48.5 Å². The highest BCUT2D eigenvalue weighted by atomic mass is 32.2. The minimum atomic E-state index is -3.46. The highest BCUT2D eigenvalue weighted by Crippen LogP contribution is 2.29. The predicted molar refractivity (Wildman–Crippen MR) is 99.5 cm³/mol. The lowest BCUT2D eigenvalue weighted by molar-refractivity contribution is 0.252. The SMILES string of the molecule is Cc1cccc(NC(=O)NCCS(=O)(=O)N2CCc3ccccc32)c1. The molecule has 2 amide bonds. The molecule has 1 aliphatic rings. The highest BCUT2D eigenvalue weighted by molar-refractivity contribution is 7.92. The van der Waals surface area contributed by atoms with Crippen molar-refractivity contribution >= 4 is 27.4 Å². The van der Waals surface area contributed by atoms with Gasteiger partial charge in [-0.25, -0.2) is 13.2 Å². The van der Waals surface area contributed by atoms with Crippen molar-refractivity contribution in [2.24, 2.45) is 0 Å². The van der Waals surface area contributed by atoms with Crippen molar-refractivity contribution in [1.29, 1.82) is 0 Å². The summed E-state index contributed by atoms with van der Waals surface area (Å²) in [6.45, 7) is 2.44. The van der Waals surface area contributed by atoms with Crippen molar-refractivity contribution in [1.82, 2.24) is 5.32 Å². The second-order valence-corrected chi connectivity index (χ2v) is 8.03. The molecular weight excluding hydrogens is 338 g/mol. The van der Waals surface area contributed by atoms with Gasteiger partial charge in [0.2, 0.25) is 10.0 Å². The van der Waals surface area contributed by atoms with E-state index in [0.29, 0.717) is 12.2 Å². The normalized spacial score (nSPS) is 13.4. The lowest BCUT2D eigenvalue weighted by Gasteiger charge is -2.19. The van der Waals surface area contributed by atoms with Crippen molar-refractivity contribution in [2.75, 3.05) is 28.5 Å². The van der Waals surface area contributed by atoms with Gasteiger partial charge in [-0.2, -0.15) is 0 Å². The summed E-state index contributed by atoms with van der Waals surface area (Å²) < 4.78 is 26.5. The number of anilines is 2.